The van der Waals surface area contributed by atoms with Gasteiger partial charge < -0.3 is 14.8 Å². The number of anilines is 1. The van der Waals surface area contributed by atoms with Crippen molar-refractivity contribution in [1.29, 1.82) is 0 Å². The second-order valence-electron chi connectivity index (χ2n) is 6.83. The molecule has 3 rings (SSSR count). The van der Waals surface area contributed by atoms with Crippen molar-refractivity contribution in [2.75, 3.05) is 26.1 Å². The molecule has 0 spiro atoms. The first-order valence-corrected chi connectivity index (χ1v) is 11.9. The molecule has 168 valence electrons. The van der Waals surface area contributed by atoms with Crippen LogP contribution in [0.3, 0.4) is 0 Å². The molecule has 3 aromatic rings. The highest BCUT2D eigenvalue weighted by Gasteiger charge is 2.27. The summed E-state index contributed by atoms with van der Waals surface area (Å²) in [4.78, 5) is 13.0. The third-order valence-corrected chi connectivity index (χ3v) is 6.99. The predicted molar refractivity (Wildman–Crippen MR) is 126 cm³/mol. The lowest BCUT2D eigenvalue weighted by atomic mass is 10.2. The lowest BCUT2D eigenvalue weighted by Gasteiger charge is -2.22. The fourth-order valence-corrected chi connectivity index (χ4v) is 4.68. The first-order valence-electron chi connectivity index (χ1n) is 9.65. The van der Waals surface area contributed by atoms with Crippen molar-refractivity contribution < 1.29 is 22.7 Å². The zero-order valence-corrected chi connectivity index (χ0v) is 20.0. The van der Waals surface area contributed by atoms with Crippen molar-refractivity contribution in [2.45, 2.75) is 11.4 Å². The highest BCUT2D eigenvalue weighted by Crippen LogP contribution is 2.29. The third-order valence-electron chi connectivity index (χ3n) is 4.65. The van der Waals surface area contributed by atoms with Crippen LogP contribution in [-0.2, 0) is 21.4 Å². The number of sulfonamides is 1. The summed E-state index contributed by atoms with van der Waals surface area (Å²) >= 11 is 3.31. The Hall–Kier alpha value is -2.88. The first kappa shape index (κ1) is 23.8. The van der Waals surface area contributed by atoms with E-state index in [0.717, 1.165) is 14.3 Å². The maximum Gasteiger partial charge on any atom is 0.243 e. The second kappa shape index (κ2) is 10.6. The molecule has 1 N–H and O–H groups in total. The highest BCUT2D eigenvalue weighted by molar-refractivity contribution is 9.10. The van der Waals surface area contributed by atoms with Crippen LogP contribution in [0.25, 0.3) is 0 Å². The van der Waals surface area contributed by atoms with Crippen molar-refractivity contribution in [3.63, 3.8) is 0 Å². The van der Waals surface area contributed by atoms with E-state index in [1.807, 2.05) is 30.3 Å². The van der Waals surface area contributed by atoms with Gasteiger partial charge in [0.05, 0.1) is 31.3 Å². The van der Waals surface area contributed by atoms with Crippen LogP contribution >= 0.6 is 15.9 Å². The van der Waals surface area contributed by atoms with E-state index in [9.17, 15) is 13.2 Å². The molecule has 0 bridgehead atoms. The molecular weight excluding hydrogens is 496 g/mol. The van der Waals surface area contributed by atoms with Crippen LogP contribution in [0, 0.1) is 0 Å². The maximum atomic E-state index is 13.3. The lowest BCUT2D eigenvalue weighted by Crippen LogP contribution is -2.37. The summed E-state index contributed by atoms with van der Waals surface area (Å²) in [6, 6.07) is 20.4. The number of amides is 1. The van der Waals surface area contributed by atoms with Crippen LogP contribution in [-0.4, -0.2) is 39.4 Å². The number of methoxy groups -OCH3 is 2. The summed E-state index contributed by atoms with van der Waals surface area (Å²) in [5, 5.41) is 2.73. The van der Waals surface area contributed by atoms with Crippen molar-refractivity contribution >= 4 is 37.5 Å². The summed E-state index contributed by atoms with van der Waals surface area (Å²) < 4.78 is 39.1. The molecule has 9 heteroatoms. The SMILES string of the molecule is COc1ccc(OC)c(NC(=O)CN(Cc2ccccc2)S(=O)(=O)c2ccc(Br)cc2)c1. The molecule has 3 aromatic carbocycles. The summed E-state index contributed by atoms with van der Waals surface area (Å²) in [5.41, 5.74) is 1.15. The monoisotopic (exact) mass is 518 g/mol. The number of benzene rings is 3. The van der Waals surface area contributed by atoms with E-state index in [1.54, 1.807) is 30.3 Å². The van der Waals surface area contributed by atoms with Gasteiger partial charge in [-0.3, -0.25) is 4.79 Å². The standard InChI is InChI=1S/C23H23BrN2O5S/c1-30-19-10-13-22(31-2)21(14-19)25-23(27)16-26(15-17-6-4-3-5-7-17)32(28,29)20-11-8-18(24)9-12-20/h3-14H,15-16H2,1-2H3,(H,25,27). The molecule has 0 heterocycles. The fraction of sp³-hybridized carbons (Fsp3) is 0.174. The molecular formula is C23H23BrN2O5S. The Morgan fingerprint density at radius 1 is 0.969 bits per heavy atom. The van der Waals surface area contributed by atoms with Gasteiger partial charge in [0.1, 0.15) is 11.5 Å². The normalized spacial score (nSPS) is 11.2. The Bertz CT molecular complexity index is 1170. The number of hydrogen-bond acceptors (Lipinski definition) is 5. The van der Waals surface area contributed by atoms with Gasteiger partial charge >= 0.3 is 0 Å². The van der Waals surface area contributed by atoms with Crippen molar-refractivity contribution in [2.24, 2.45) is 0 Å². The van der Waals surface area contributed by atoms with Gasteiger partial charge in [0.25, 0.3) is 0 Å². The van der Waals surface area contributed by atoms with Gasteiger partial charge in [-0.1, -0.05) is 46.3 Å². The smallest absolute Gasteiger partial charge is 0.243 e. The van der Waals surface area contributed by atoms with E-state index in [2.05, 4.69) is 21.2 Å². The number of nitrogens with one attached hydrogen (secondary N) is 1. The van der Waals surface area contributed by atoms with Crippen molar-refractivity contribution in [1.82, 2.24) is 4.31 Å². The molecule has 0 atom stereocenters. The number of nitrogens with zero attached hydrogens (tertiary/aromatic N) is 1. The molecule has 7 nitrogen and oxygen atoms in total. The number of hydrogen-bond donors (Lipinski definition) is 1. The molecule has 0 aliphatic heterocycles. The number of rotatable bonds is 9. The fourth-order valence-electron chi connectivity index (χ4n) is 3.03. The largest absolute Gasteiger partial charge is 0.497 e. The zero-order chi connectivity index (χ0) is 23.1. The van der Waals surface area contributed by atoms with E-state index in [4.69, 9.17) is 9.47 Å². The van der Waals surface area contributed by atoms with E-state index >= 15 is 0 Å². The van der Waals surface area contributed by atoms with Crippen LogP contribution < -0.4 is 14.8 Å². The van der Waals surface area contributed by atoms with E-state index in [0.29, 0.717) is 17.2 Å². The zero-order valence-electron chi connectivity index (χ0n) is 17.6. The topological polar surface area (TPSA) is 84.9 Å². The summed E-state index contributed by atoms with van der Waals surface area (Å²) in [7, 11) is -0.939. The predicted octanol–water partition coefficient (Wildman–Crippen LogP) is 4.30. The van der Waals surface area contributed by atoms with Crippen LogP contribution in [0.15, 0.2) is 82.2 Å². The molecule has 0 saturated heterocycles. The Labute approximate surface area is 196 Å². The van der Waals surface area contributed by atoms with Crippen molar-refractivity contribution in [3.8, 4) is 11.5 Å². The molecule has 0 radical (unpaired) electrons. The van der Waals surface area contributed by atoms with Gasteiger partial charge in [-0.15, -0.1) is 0 Å². The third kappa shape index (κ3) is 5.87. The lowest BCUT2D eigenvalue weighted by molar-refractivity contribution is -0.116. The Morgan fingerprint density at radius 3 is 2.28 bits per heavy atom. The Kier molecular flexibility index (Phi) is 7.89. The molecule has 32 heavy (non-hydrogen) atoms. The molecule has 1 amide bonds. The van der Waals surface area contributed by atoms with Gasteiger partial charge in [0.2, 0.25) is 15.9 Å². The first-order chi connectivity index (χ1) is 15.3. The van der Waals surface area contributed by atoms with Crippen LogP contribution in [0.2, 0.25) is 0 Å². The average Bonchev–Trinajstić information content (AvgIpc) is 2.79. The Balaban J connectivity index is 1.89. The molecule has 0 saturated carbocycles. The number of halogens is 1. The minimum absolute atomic E-state index is 0.0436. The number of ether oxygens (including phenoxy) is 2. The van der Waals surface area contributed by atoms with Crippen LogP contribution in [0.5, 0.6) is 11.5 Å². The second-order valence-corrected chi connectivity index (χ2v) is 9.68. The number of carbonyl (C=O) groups excluding carboxylic acids is 1. The van der Waals surface area contributed by atoms with Crippen LogP contribution in [0.4, 0.5) is 5.69 Å². The maximum absolute atomic E-state index is 13.3. The van der Waals surface area contributed by atoms with E-state index in [-0.39, 0.29) is 18.0 Å². The van der Waals surface area contributed by atoms with Crippen LogP contribution in [0.1, 0.15) is 5.56 Å². The van der Waals surface area contributed by atoms with Gasteiger partial charge in [0, 0.05) is 17.1 Å². The van der Waals surface area contributed by atoms with Gasteiger partial charge in [0.15, 0.2) is 0 Å². The van der Waals surface area contributed by atoms with Gasteiger partial charge in [-0.05, 0) is 42.0 Å². The highest BCUT2D eigenvalue weighted by atomic mass is 79.9. The summed E-state index contributed by atoms with van der Waals surface area (Å²) in [6.07, 6.45) is 0. The summed E-state index contributed by atoms with van der Waals surface area (Å²) in [6.45, 7) is -0.338. The van der Waals surface area contributed by atoms with Crippen molar-refractivity contribution in [3.05, 3.63) is 82.8 Å². The molecule has 0 fully saturated rings. The molecule has 0 unspecified atom stereocenters. The van der Waals surface area contributed by atoms with E-state index < -0.39 is 15.9 Å². The van der Waals surface area contributed by atoms with E-state index in [1.165, 1.54) is 26.4 Å². The molecule has 0 aliphatic rings. The minimum atomic E-state index is -3.94. The van der Waals surface area contributed by atoms with Gasteiger partial charge in [-0.25, -0.2) is 8.42 Å². The van der Waals surface area contributed by atoms with Gasteiger partial charge in [-0.2, -0.15) is 4.31 Å². The Morgan fingerprint density at radius 2 is 1.66 bits per heavy atom. The summed E-state index contributed by atoms with van der Waals surface area (Å²) in [5.74, 6) is 0.461. The quantitative estimate of drug-likeness (QED) is 0.456. The number of carbonyl (C=O) groups is 1. The molecule has 0 aromatic heterocycles. The molecule has 0 aliphatic carbocycles. The average molecular weight is 519 g/mol. The minimum Gasteiger partial charge on any atom is -0.497 e.